The topological polar surface area (TPSA) is 61.4 Å². The van der Waals surface area contributed by atoms with Crippen LogP contribution in [0.4, 0.5) is 0 Å². The van der Waals surface area contributed by atoms with Gasteiger partial charge in [-0.25, -0.2) is 0 Å². The molecule has 3 N–H and O–H groups in total. The van der Waals surface area contributed by atoms with E-state index in [0.717, 1.165) is 31.9 Å². The van der Waals surface area contributed by atoms with Crippen LogP contribution in [0.1, 0.15) is 37.3 Å². The zero-order valence-electron chi connectivity index (χ0n) is 15.1. The first-order chi connectivity index (χ1) is 12.2. The molecular formula is C20H28N4O. The Morgan fingerprint density at radius 3 is 3.04 bits per heavy atom. The first-order valence-corrected chi connectivity index (χ1v) is 9.50. The zero-order valence-corrected chi connectivity index (χ0v) is 15.1. The van der Waals surface area contributed by atoms with Gasteiger partial charge in [-0.2, -0.15) is 0 Å². The fourth-order valence-electron chi connectivity index (χ4n) is 4.22. The molecule has 0 aliphatic carbocycles. The SMILES string of the molecule is CCNC(=NCCc1c[nH]c2cccc(C)c12)NC1CC2CCC1O2. The Balaban J connectivity index is 1.41. The number of guanidine groups is 1. The van der Waals surface area contributed by atoms with Crippen LogP contribution in [-0.4, -0.2) is 42.3 Å². The summed E-state index contributed by atoms with van der Waals surface area (Å²) < 4.78 is 5.94. The van der Waals surface area contributed by atoms with Crippen molar-refractivity contribution in [1.82, 2.24) is 15.6 Å². The van der Waals surface area contributed by atoms with Crippen LogP contribution in [-0.2, 0) is 11.2 Å². The molecule has 3 unspecified atom stereocenters. The number of nitrogens with zero attached hydrogens (tertiary/aromatic N) is 1. The van der Waals surface area contributed by atoms with E-state index in [1.54, 1.807) is 0 Å². The first kappa shape index (κ1) is 16.5. The van der Waals surface area contributed by atoms with E-state index in [9.17, 15) is 0 Å². The smallest absolute Gasteiger partial charge is 0.191 e. The Morgan fingerprint density at radius 2 is 2.28 bits per heavy atom. The third kappa shape index (κ3) is 3.38. The molecular weight excluding hydrogens is 312 g/mol. The van der Waals surface area contributed by atoms with Crippen molar-refractivity contribution in [3.8, 4) is 0 Å². The van der Waals surface area contributed by atoms with Crippen LogP contribution in [0.15, 0.2) is 29.4 Å². The predicted molar refractivity (Wildman–Crippen MR) is 102 cm³/mol. The van der Waals surface area contributed by atoms with Crippen molar-refractivity contribution in [2.24, 2.45) is 4.99 Å². The molecule has 5 heteroatoms. The largest absolute Gasteiger partial charge is 0.373 e. The Kier molecular flexibility index (Phi) is 4.66. The summed E-state index contributed by atoms with van der Waals surface area (Å²) in [5.74, 6) is 0.917. The molecule has 5 nitrogen and oxygen atoms in total. The third-order valence-corrected chi connectivity index (χ3v) is 5.42. The summed E-state index contributed by atoms with van der Waals surface area (Å²) in [5.41, 5.74) is 3.88. The van der Waals surface area contributed by atoms with Crippen molar-refractivity contribution in [3.05, 3.63) is 35.5 Å². The number of aromatic nitrogens is 1. The van der Waals surface area contributed by atoms with Crippen LogP contribution in [0.5, 0.6) is 0 Å². The van der Waals surface area contributed by atoms with Crippen molar-refractivity contribution in [1.29, 1.82) is 0 Å². The molecule has 3 heterocycles. The van der Waals surface area contributed by atoms with Crippen molar-refractivity contribution in [2.75, 3.05) is 13.1 Å². The Bertz CT molecular complexity index is 766. The summed E-state index contributed by atoms with van der Waals surface area (Å²) in [6.07, 6.45) is 7.39. The van der Waals surface area contributed by atoms with E-state index in [1.807, 2.05) is 0 Å². The highest BCUT2D eigenvalue weighted by Crippen LogP contribution is 2.34. The highest BCUT2D eigenvalue weighted by Gasteiger charge is 2.41. The molecule has 3 atom stereocenters. The molecule has 2 aliphatic rings. The number of nitrogens with one attached hydrogen (secondary N) is 3. The lowest BCUT2D eigenvalue weighted by atomic mass is 9.96. The lowest BCUT2D eigenvalue weighted by Crippen LogP contribution is -2.47. The summed E-state index contributed by atoms with van der Waals surface area (Å²) >= 11 is 0. The molecule has 2 saturated heterocycles. The van der Waals surface area contributed by atoms with Crippen molar-refractivity contribution >= 4 is 16.9 Å². The zero-order chi connectivity index (χ0) is 17.2. The van der Waals surface area contributed by atoms with Crippen LogP contribution < -0.4 is 10.6 Å². The van der Waals surface area contributed by atoms with Gasteiger partial charge in [0.2, 0.25) is 0 Å². The van der Waals surface area contributed by atoms with E-state index in [-0.39, 0.29) is 0 Å². The molecule has 2 fully saturated rings. The number of ether oxygens (including phenoxy) is 1. The minimum absolute atomic E-state index is 0.366. The molecule has 2 aromatic rings. The maximum absolute atomic E-state index is 5.94. The van der Waals surface area contributed by atoms with Gasteiger partial charge in [-0.15, -0.1) is 0 Å². The standard InChI is InChI=1S/C20H28N4O/c1-3-21-20(24-17-11-15-7-8-18(17)25-15)22-10-9-14-12-23-16-6-4-5-13(2)19(14)16/h4-6,12,15,17-18,23H,3,7-11H2,1-2H3,(H2,21,22,24). The number of rotatable bonds is 5. The number of fused-ring (bicyclic) bond motifs is 3. The monoisotopic (exact) mass is 340 g/mol. The molecule has 0 amide bonds. The number of benzene rings is 1. The van der Waals surface area contributed by atoms with Gasteiger partial charge in [0.15, 0.2) is 5.96 Å². The van der Waals surface area contributed by atoms with Gasteiger partial charge < -0.3 is 20.4 Å². The molecule has 0 spiro atoms. The second-order valence-electron chi connectivity index (χ2n) is 7.18. The average molecular weight is 340 g/mol. The number of hydrogen-bond donors (Lipinski definition) is 3. The molecule has 0 radical (unpaired) electrons. The summed E-state index contributed by atoms with van der Waals surface area (Å²) in [7, 11) is 0. The van der Waals surface area contributed by atoms with E-state index < -0.39 is 0 Å². The van der Waals surface area contributed by atoms with E-state index in [2.05, 4.69) is 53.9 Å². The van der Waals surface area contributed by atoms with Gasteiger partial charge >= 0.3 is 0 Å². The lowest BCUT2D eigenvalue weighted by molar-refractivity contribution is 0.0992. The second kappa shape index (κ2) is 7.08. The minimum Gasteiger partial charge on any atom is -0.373 e. The Labute approximate surface area is 149 Å². The van der Waals surface area contributed by atoms with Gasteiger partial charge in [0.1, 0.15) is 0 Å². The van der Waals surface area contributed by atoms with Crippen molar-refractivity contribution < 1.29 is 4.74 Å². The van der Waals surface area contributed by atoms with Crippen LogP contribution in [0.25, 0.3) is 10.9 Å². The van der Waals surface area contributed by atoms with E-state index >= 15 is 0 Å². The van der Waals surface area contributed by atoms with E-state index in [0.29, 0.717) is 18.2 Å². The molecule has 0 saturated carbocycles. The fourth-order valence-corrected chi connectivity index (χ4v) is 4.22. The normalized spacial score (nSPS) is 25.7. The van der Waals surface area contributed by atoms with Crippen LogP contribution in [0.3, 0.4) is 0 Å². The van der Waals surface area contributed by atoms with Crippen LogP contribution >= 0.6 is 0 Å². The summed E-state index contributed by atoms with van der Waals surface area (Å²) in [6, 6.07) is 6.81. The summed E-state index contributed by atoms with van der Waals surface area (Å²) in [4.78, 5) is 8.17. The first-order valence-electron chi connectivity index (χ1n) is 9.50. The predicted octanol–water partition coefficient (Wildman–Crippen LogP) is 2.89. The molecule has 134 valence electrons. The molecule has 1 aromatic heterocycles. The maximum Gasteiger partial charge on any atom is 0.191 e. The highest BCUT2D eigenvalue weighted by molar-refractivity contribution is 5.86. The highest BCUT2D eigenvalue weighted by atomic mass is 16.5. The Morgan fingerprint density at radius 1 is 1.36 bits per heavy atom. The molecule has 4 rings (SSSR count). The molecule has 25 heavy (non-hydrogen) atoms. The summed E-state index contributed by atoms with van der Waals surface area (Å²) in [5, 5.41) is 8.30. The average Bonchev–Trinajstić information content (AvgIpc) is 3.31. The van der Waals surface area contributed by atoms with Crippen LogP contribution in [0, 0.1) is 6.92 Å². The third-order valence-electron chi connectivity index (χ3n) is 5.42. The van der Waals surface area contributed by atoms with Gasteiger partial charge in [-0.3, -0.25) is 4.99 Å². The quantitative estimate of drug-likeness (QED) is 0.579. The van der Waals surface area contributed by atoms with Crippen molar-refractivity contribution in [2.45, 2.75) is 57.8 Å². The van der Waals surface area contributed by atoms with E-state index in [4.69, 9.17) is 9.73 Å². The fraction of sp³-hybridized carbons (Fsp3) is 0.550. The molecule has 2 bridgehead atoms. The number of hydrogen-bond acceptors (Lipinski definition) is 2. The van der Waals surface area contributed by atoms with E-state index in [1.165, 1.54) is 34.9 Å². The molecule has 1 aromatic carbocycles. The van der Waals surface area contributed by atoms with Gasteiger partial charge in [-0.05, 0) is 56.7 Å². The van der Waals surface area contributed by atoms with Gasteiger partial charge in [0.05, 0.1) is 18.2 Å². The second-order valence-corrected chi connectivity index (χ2v) is 7.18. The lowest BCUT2D eigenvalue weighted by Gasteiger charge is -2.22. The van der Waals surface area contributed by atoms with Gasteiger partial charge in [0.25, 0.3) is 0 Å². The Hall–Kier alpha value is -2.01. The number of aryl methyl sites for hydroxylation is 1. The maximum atomic E-state index is 5.94. The van der Waals surface area contributed by atoms with Crippen molar-refractivity contribution in [3.63, 3.8) is 0 Å². The van der Waals surface area contributed by atoms with Crippen LogP contribution in [0.2, 0.25) is 0 Å². The van der Waals surface area contributed by atoms with Gasteiger partial charge in [-0.1, -0.05) is 12.1 Å². The number of H-pyrrole nitrogens is 1. The van der Waals surface area contributed by atoms with Gasteiger partial charge in [0, 0.05) is 30.2 Å². The summed E-state index contributed by atoms with van der Waals surface area (Å²) in [6.45, 7) is 5.93. The minimum atomic E-state index is 0.366. The number of aliphatic imine (C=N–C) groups is 1. The number of aromatic amines is 1. The molecule has 2 aliphatic heterocycles.